The van der Waals surface area contributed by atoms with E-state index in [0.29, 0.717) is 11.5 Å². The molecule has 1 aromatic rings. The minimum absolute atomic E-state index is 0.319. The van der Waals surface area contributed by atoms with E-state index in [2.05, 4.69) is 60.7 Å². The van der Waals surface area contributed by atoms with Gasteiger partial charge in [-0.1, -0.05) is 20.8 Å². The Morgan fingerprint density at radius 1 is 1.42 bits per heavy atom. The van der Waals surface area contributed by atoms with Crippen molar-refractivity contribution >= 4 is 0 Å². The monoisotopic (exact) mass is 264 g/mol. The number of hydrogen-bond donors (Lipinski definition) is 1. The van der Waals surface area contributed by atoms with Crippen molar-refractivity contribution in [2.45, 2.75) is 53.8 Å². The molecule has 1 aromatic heterocycles. The maximum absolute atomic E-state index is 4.54. The Labute approximate surface area is 117 Å². The Balaban J connectivity index is 2.02. The zero-order valence-corrected chi connectivity index (χ0v) is 13.0. The van der Waals surface area contributed by atoms with E-state index in [0.717, 1.165) is 38.4 Å². The van der Waals surface area contributed by atoms with Crippen LogP contribution in [0.2, 0.25) is 0 Å². The molecule has 1 fully saturated rings. The van der Waals surface area contributed by atoms with Crippen molar-refractivity contribution in [2.75, 3.05) is 19.6 Å². The second-order valence-corrected chi connectivity index (χ2v) is 6.70. The van der Waals surface area contributed by atoms with Crippen LogP contribution in [-0.2, 0) is 13.1 Å². The smallest absolute Gasteiger partial charge is 0.0597 e. The fraction of sp³-hybridized carbons (Fsp3) is 0.800. The van der Waals surface area contributed by atoms with E-state index in [1.54, 1.807) is 0 Å². The second-order valence-electron chi connectivity index (χ2n) is 6.70. The number of nitrogens with zero attached hydrogens (tertiary/aromatic N) is 3. The topological polar surface area (TPSA) is 33.1 Å². The van der Waals surface area contributed by atoms with Crippen molar-refractivity contribution in [3.63, 3.8) is 0 Å². The van der Waals surface area contributed by atoms with Crippen LogP contribution < -0.4 is 5.32 Å². The van der Waals surface area contributed by atoms with Gasteiger partial charge in [0.05, 0.1) is 11.4 Å². The van der Waals surface area contributed by atoms with Crippen molar-refractivity contribution in [1.82, 2.24) is 20.0 Å². The van der Waals surface area contributed by atoms with E-state index in [-0.39, 0.29) is 0 Å². The van der Waals surface area contributed by atoms with Gasteiger partial charge in [-0.15, -0.1) is 0 Å². The van der Waals surface area contributed by atoms with E-state index in [1.807, 2.05) is 0 Å². The molecular weight excluding hydrogens is 236 g/mol. The van der Waals surface area contributed by atoms with Gasteiger partial charge in [0.1, 0.15) is 0 Å². The molecule has 19 heavy (non-hydrogen) atoms. The van der Waals surface area contributed by atoms with Crippen molar-refractivity contribution in [3.05, 3.63) is 17.5 Å². The van der Waals surface area contributed by atoms with Gasteiger partial charge in [0, 0.05) is 38.8 Å². The number of piperazine rings is 1. The summed E-state index contributed by atoms with van der Waals surface area (Å²) in [5, 5.41) is 8.18. The predicted molar refractivity (Wildman–Crippen MR) is 79.2 cm³/mol. The molecule has 1 aliphatic rings. The molecule has 4 heteroatoms. The highest BCUT2D eigenvalue weighted by atomic mass is 15.3. The van der Waals surface area contributed by atoms with Gasteiger partial charge < -0.3 is 5.32 Å². The van der Waals surface area contributed by atoms with Gasteiger partial charge in [0.15, 0.2) is 0 Å². The zero-order chi connectivity index (χ0) is 14.0. The van der Waals surface area contributed by atoms with E-state index >= 15 is 0 Å². The van der Waals surface area contributed by atoms with Crippen LogP contribution in [0.3, 0.4) is 0 Å². The van der Waals surface area contributed by atoms with Crippen LogP contribution in [0.25, 0.3) is 0 Å². The first-order valence-electron chi connectivity index (χ1n) is 7.39. The molecule has 108 valence electrons. The van der Waals surface area contributed by atoms with Crippen LogP contribution in [-0.4, -0.2) is 40.4 Å². The lowest BCUT2D eigenvalue weighted by atomic mass is 9.85. The van der Waals surface area contributed by atoms with Gasteiger partial charge in [-0.3, -0.25) is 9.58 Å². The van der Waals surface area contributed by atoms with Gasteiger partial charge in [-0.25, -0.2) is 0 Å². The first-order chi connectivity index (χ1) is 8.90. The minimum atomic E-state index is 0.319. The molecule has 0 radical (unpaired) electrons. The molecule has 0 saturated carbocycles. The molecule has 1 aliphatic heterocycles. The van der Waals surface area contributed by atoms with Crippen LogP contribution in [0.15, 0.2) is 6.07 Å². The van der Waals surface area contributed by atoms with Gasteiger partial charge in [-0.05, 0) is 25.3 Å². The van der Waals surface area contributed by atoms with Crippen LogP contribution >= 0.6 is 0 Å². The third-order valence-electron chi connectivity index (χ3n) is 3.98. The van der Waals surface area contributed by atoms with Crippen LogP contribution in [0.5, 0.6) is 0 Å². The minimum Gasteiger partial charge on any atom is -0.311 e. The lowest BCUT2D eigenvalue weighted by molar-refractivity contribution is 0.127. The fourth-order valence-corrected chi connectivity index (χ4v) is 2.76. The molecule has 0 aromatic carbocycles. The Hall–Kier alpha value is -0.870. The predicted octanol–water partition coefficient (Wildman–Crippen LogP) is 2.03. The van der Waals surface area contributed by atoms with Gasteiger partial charge in [-0.2, -0.15) is 5.10 Å². The zero-order valence-electron chi connectivity index (χ0n) is 13.0. The second kappa shape index (κ2) is 5.63. The summed E-state index contributed by atoms with van der Waals surface area (Å²) in [6.45, 7) is 16.5. The molecule has 0 spiro atoms. The van der Waals surface area contributed by atoms with E-state index in [4.69, 9.17) is 0 Å². The molecule has 1 unspecified atom stereocenters. The molecule has 2 rings (SSSR count). The molecule has 1 saturated heterocycles. The van der Waals surface area contributed by atoms with Crippen molar-refractivity contribution in [3.8, 4) is 0 Å². The van der Waals surface area contributed by atoms with Crippen LogP contribution in [0.1, 0.15) is 39.1 Å². The summed E-state index contributed by atoms with van der Waals surface area (Å²) < 4.78 is 2.13. The molecule has 1 N–H and O–H groups in total. The lowest BCUT2D eigenvalue weighted by Crippen LogP contribution is -2.55. The van der Waals surface area contributed by atoms with Crippen molar-refractivity contribution in [1.29, 1.82) is 0 Å². The summed E-state index contributed by atoms with van der Waals surface area (Å²) >= 11 is 0. The number of aryl methyl sites for hydroxylation is 2. The normalized spacial score (nSPS) is 21.8. The summed E-state index contributed by atoms with van der Waals surface area (Å²) in [4.78, 5) is 2.55. The first-order valence-corrected chi connectivity index (χ1v) is 7.39. The summed E-state index contributed by atoms with van der Waals surface area (Å²) in [6.07, 6.45) is 0. The Bertz CT molecular complexity index is 416. The molecule has 0 aliphatic carbocycles. The Kier molecular flexibility index (Phi) is 4.31. The van der Waals surface area contributed by atoms with Gasteiger partial charge >= 0.3 is 0 Å². The SMILES string of the molecule is CCn1nc(C)cc1CN1CCNC(C(C)(C)C)C1. The van der Waals surface area contributed by atoms with Gasteiger partial charge in [0.25, 0.3) is 0 Å². The van der Waals surface area contributed by atoms with Crippen LogP contribution in [0, 0.1) is 12.3 Å². The molecule has 1 atom stereocenters. The molecule has 0 amide bonds. The Morgan fingerprint density at radius 2 is 2.16 bits per heavy atom. The number of aromatic nitrogens is 2. The van der Waals surface area contributed by atoms with Crippen molar-refractivity contribution in [2.24, 2.45) is 5.41 Å². The van der Waals surface area contributed by atoms with E-state index < -0.39 is 0 Å². The highest BCUT2D eigenvalue weighted by molar-refractivity contribution is 5.09. The summed E-state index contributed by atoms with van der Waals surface area (Å²) in [7, 11) is 0. The molecular formula is C15H28N4. The lowest BCUT2D eigenvalue weighted by Gasteiger charge is -2.40. The van der Waals surface area contributed by atoms with Crippen LogP contribution in [0.4, 0.5) is 0 Å². The highest BCUT2D eigenvalue weighted by Crippen LogP contribution is 2.22. The average molecular weight is 264 g/mol. The molecule has 0 bridgehead atoms. The Morgan fingerprint density at radius 3 is 2.79 bits per heavy atom. The highest BCUT2D eigenvalue weighted by Gasteiger charge is 2.29. The number of nitrogens with one attached hydrogen (secondary N) is 1. The van der Waals surface area contributed by atoms with Gasteiger partial charge in [0.2, 0.25) is 0 Å². The fourth-order valence-electron chi connectivity index (χ4n) is 2.76. The largest absolute Gasteiger partial charge is 0.311 e. The third kappa shape index (κ3) is 3.57. The summed E-state index contributed by atoms with van der Waals surface area (Å²) in [5.74, 6) is 0. The maximum Gasteiger partial charge on any atom is 0.0597 e. The summed E-state index contributed by atoms with van der Waals surface area (Å²) in [6, 6.07) is 2.79. The third-order valence-corrected chi connectivity index (χ3v) is 3.98. The first kappa shape index (κ1) is 14.5. The maximum atomic E-state index is 4.54. The quantitative estimate of drug-likeness (QED) is 0.907. The number of hydrogen-bond acceptors (Lipinski definition) is 3. The standard InChI is InChI=1S/C15H28N4/c1-6-19-13(9-12(2)17-19)10-18-8-7-16-14(11-18)15(3,4)5/h9,14,16H,6-8,10-11H2,1-5H3. The van der Waals surface area contributed by atoms with E-state index in [9.17, 15) is 0 Å². The number of rotatable bonds is 3. The average Bonchev–Trinajstić information content (AvgIpc) is 2.69. The van der Waals surface area contributed by atoms with E-state index in [1.165, 1.54) is 5.69 Å². The van der Waals surface area contributed by atoms with Crippen molar-refractivity contribution < 1.29 is 0 Å². The summed E-state index contributed by atoms with van der Waals surface area (Å²) in [5.41, 5.74) is 2.79. The molecule has 2 heterocycles. The molecule has 4 nitrogen and oxygen atoms in total.